The molecule has 0 saturated heterocycles. The van der Waals surface area contributed by atoms with Crippen LogP contribution < -0.4 is 10.1 Å². The lowest BCUT2D eigenvalue weighted by molar-refractivity contribution is -0.128. The van der Waals surface area contributed by atoms with Crippen molar-refractivity contribution in [2.24, 2.45) is 0 Å². The summed E-state index contributed by atoms with van der Waals surface area (Å²) < 4.78 is 5.92. The zero-order valence-corrected chi connectivity index (χ0v) is 15.9. The Morgan fingerprint density at radius 3 is 2.36 bits per heavy atom. The summed E-state index contributed by atoms with van der Waals surface area (Å²) in [6.45, 7) is 10.3. The lowest BCUT2D eigenvalue weighted by Gasteiger charge is -2.23. The minimum atomic E-state index is -0.484. The lowest BCUT2D eigenvalue weighted by atomic mass is 9.99. The zero-order valence-electron chi connectivity index (χ0n) is 15.9. The quantitative estimate of drug-likeness (QED) is 0.768. The first kappa shape index (κ1) is 19.0. The normalized spacial score (nSPS) is 13.2. The highest BCUT2D eigenvalue weighted by atomic mass is 16.5. The summed E-state index contributed by atoms with van der Waals surface area (Å²) in [5.41, 5.74) is 4.77. The summed E-state index contributed by atoms with van der Waals surface area (Å²) in [6.07, 6.45) is 0.987. The van der Waals surface area contributed by atoms with Crippen molar-refractivity contribution < 1.29 is 9.53 Å². The molecular weight excluding hydrogens is 310 g/mol. The highest BCUT2D eigenvalue weighted by Gasteiger charge is 2.22. The van der Waals surface area contributed by atoms with Crippen LogP contribution in [0.5, 0.6) is 5.75 Å². The van der Waals surface area contributed by atoms with E-state index in [4.69, 9.17) is 4.74 Å². The van der Waals surface area contributed by atoms with Crippen LogP contribution in [-0.4, -0.2) is 12.0 Å². The van der Waals surface area contributed by atoms with Crippen molar-refractivity contribution in [3.63, 3.8) is 0 Å². The van der Waals surface area contributed by atoms with Crippen LogP contribution in [0.3, 0.4) is 0 Å². The van der Waals surface area contributed by atoms with E-state index in [-0.39, 0.29) is 11.9 Å². The van der Waals surface area contributed by atoms with Crippen molar-refractivity contribution in [2.45, 2.75) is 59.6 Å². The molecular formula is C22H29NO2. The fourth-order valence-electron chi connectivity index (χ4n) is 2.84. The maximum absolute atomic E-state index is 12.7. The third-order valence-electron chi connectivity index (χ3n) is 4.59. The molecule has 0 spiro atoms. The molecule has 25 heavy (non-hydrogen) atoms. The first-order valence-electron chi connectivity index (χ1n) is 9.05. The van der Waals surface area contributed by atoms with Gasteiger partial charge in [0.05, 0.1) is 6.04 Å². The topological polar surface area (TPSA) is 38.3 Å². The Balaban J connectivity index is 2.09. The number of hydrogen-bond donors (Lipinski definition) is 1. The van der Waals surface area contributed by atoms with Crippen LogP contribution in [0, 0.1) is 20.8 Å². The summed E-state index contributed by atoms with van der Waals surface area (Å²) in [7, 11) is 0. The molecule has 3 nitrogen and oxygen atoms in total. The predicted molar refractivity (Wildman–Crippen MR) is 103 cm³/mol. The number of amides is 1. The van der Waals surface area contributed by atoms with Crippen molar-refractivity contribution in [3.8, 4) is 5.75 Å². The Morgan fingerprint density at radius 1 is 1.00 bits per heavy atom. The minimum absolute atomic E-state index is 0.00181. The molecule has 0 saturated carbocycles. The Bertz CT molecular complexity index is 724. The van der Waals surface area contributed by atoms with E-state index in [2.05, 4.69) is 44.3 Å². The van der Waals surface area contributed by atoms with Crippen molar-refractivity contribution in [1.29, 1.82) is 0 Å². The molecule has 0 radical (unpaired) electrons. The summed E-state index contributed by atoms with van der Waals surface area (Å²) in [6, 6.07) is 14.2. The van der Waals surface area contributed by atoms with Gasteiger partial charge >= 0.3 is 0 Å². The SMILES string of the molecule is CCC(Oc1cccc(C)c1)C(=O)NC(CC)c1ccc(C)c(C)c1. The predicted octanol–water partition coefficient (Wildman–Crippen LogP) is 5.04. The third-order valence-corrected chi connectivity index (χ3v) is 4.59. The first-order valence-corrected chi connectivity index (χ1v) is 9.05. The minimum Gasteiger partial charge on any atom is -0.481 e. The van der Waals surface area contributed by atoms with E-state index in [1.807, 2.05) is 38.1 Å². The molecule has 2 aromatic carbocycles. The molecule has 0 aliphatic rings. The van der Waals surface area contributed by atoms with Crippen LogP contribution >= 0.6 is 0 Å². The van der Waals surface area contributed by atoms with Gasteiger partial charge in [-0.1, -0.05) is 44.2 Å². The van der Waals surface area contributed by atoms with Gasteiger partial charge in [0.1, 0.15) is 5.75 Å². The number of ether oxygens (including phenoxy) is 1. The van der Waals surface area contributed by atoms with Crippen molar-refractivity contribution >= 4 is 5.91 Å². The second kappa shape index (κ2) is 8.70. The zero-order chi connectivity index (χ0) is 18.4. The second-order valence-electron chi connectivity index (χ2n) is 6.64. The molecule has 134 valence electrons. The van der Waals surface area contributed by atoms with Gasteiger partial charge in [-0.15, -0.1) is 0 Å². The van der Waals surface area contributed by atoms with Crippen LogP contribution in [0.15, 0.2) is 42.5 Å². The standard InChI is InChI=1S/C22H29NO2/c1-6-20(18-12-11-16(4)17(5)14-18)23-22(24)21(7-2)25-19-10-8-9-15(3)13-19/h8-14,20-21H,6-7H2,1-5H3,(H,23,24). The Hall–Kier alpha value is -2.29. The molecule has 1 amide bonds. The average Bonchev–Trinajstić information content (AvgIpc) is 2.60. The fraction of sp³-hybridized carbons (Fsp3) is 0.409. The number of benzene rings is 2. The third kappa shape index (κ3) is 5.09. The number of carbonyl (C=O) groups excluding carboxylic acids is 1. The summed E-state index contributed by atoms with van der Waals surface area (Å²) in [5, 5.41) is 3.15. The van der Waals surface area contributed by atoms with Crippen LogP contribution in [0.2, 0.25) is 0 Å². The monoisotopic (exact) mass is 339 g/mol. The van der Waals surface area contributed by atoms with E-state index in [0.29, 0.717) is 6.42 Å². The van der Waals surface area contributed by atoms with E-state index in [1.54, 1.807) is 0 Å². The Morgan fingerprint density at radius 2 is 1.76 bits per heavy atom. The average molecular weight is 339 g/mol. The van der Waals surface area contributed by atoms with Gasteiger partial charge < -0.3 is 10.1 Å². The van der Waals surface area contributed by atoms with Gasteiger partial charge in [0, 0.05) is 0 Å². The molecule has 2 aromatic rings. The number of carbonyl (C=O) groups is 1. The Kier molecular flexibility index (Phi) is 6.63. The van der Waals surface area contributed by atoms with Gasteiger partial charge in [0.25, 0.3) is 5.91 Å². The van der Waals surface area contributed by atoms with Gasteiger partial charge in [0.15, 0.2) is 6.10 Å². The summed E-state index contributed by atoms with van der Waals surface area (Å²) >= 11 is 0. The van der Waals surface area contributed by atoms with Gasteiger partial charge in [-0.25, -0.2) is 0 Å². The second-order valence-corrected chi connectivity index (χ2v) is 6.64. The van der Waals surface area contributed by atoms with Crippen LogP contribution in [0.4, 0.5) is 0 Å². The summed E-state index contributed by atoms with van der Waals surface area (Å²) in [4.78, 5) is 12.7. The van der Waals surface area contributed by atoms with Crippen molar-refractivity contribution in [3.05, 3.63) is 64.7 Å². The van der Waals surface area contributed by atoms with Crippen LogP contribution in [0.1, 0.15) is 55.0 Å². The number of aryl methyl sites for hydroxylation is 3. The molecule has 2 atom stereocenters. The van der Waals surface area contributed by atoms with Gasteiger partial charge in [-0.2, -0.15) is 0 Å². The van der Waals surface area contributed by atoms with Crippen molar-refractivity contribution in [2.75, 3.05) is 0 Å². The number of rotatable bonds is 7. The van der Waals surface area contributed by atoms with E-state index < -0.39 is 6.10 Å². The molecule has 3 heteroatoms. The fourth-order valence-corrected chi connectivity index (χ4v) is 2.84. The Labute approximate surface area is 151 Å². The molecule has 0 aromatic heterocycles. The van der Waals surface area contributed by atoms with E-state index >= 15 is 0 Å². The number of hydrogen-bond acceptors (Lipinski definition) is 2. The molecule has 2 unspecified atom stereocenters. The lowest BCUT2D eigenvalue weighted by Crippen LogP contribution is -2.40. The molecule has 0 aliphatic carbocycles. The van der Waals surface area contributed by atoms with Crippen LogP contribution in [-0.2, 0) is 4.79 Å². The smallest absolute Gasteiger partial charge is 0.261 e. The molecule has 2 rings (SSSR count). The molecule has 0 heterocycles. The first-order chi connectivity index (χ1) is 11.9. The maximum Gasteiger partial charge on any atom is 0.261 e. The number of nitrogens with one attached hydrogen (secondary N) is 1. The highest BCUT2D eigenvalue weighted by molar-refractivity contribution is 5.81. The maximum atomic E-state index is 12.7. The summed E-state index contributed by atoms with van der Waals surface area (Å²) in [5.74, 6) is 0.676. The highest BCUT2D eigenvalue weighted by Crippen LogP contribution is 2.21. The van der Waals surface area contributed by atoms with Gasteiger partial charge in [-0.05, 0) is 68.0 Å². The molecule has 0 aliphatic heterocycles. The van der Waals surface area contributed by atoms with E-state index in [9.17, 15) is 4.79 Å². The van der Waals surface area contributed by atoms with Crippen LogP contribution in [0.25, 0.3) is 0 Å². The van der Waals surface area contributed by atoms with E-state index in [0.717, 1.165) is 23.3 Å². The van der Waals surface area contributed by atoms with Crippen molar-refractivity contribution in [1.82, 2.24) is 5.32 Å². The van der Waals surface area contributed by atoms with Gasteiger partial charge in [0.2, 0.25) is 0 Å². The molecule has 0 fully saturated rings. The van der Waals surface area contributed by atoms with Gasteiger partial charge in [-0.3, -0.25) is 4.79 Å². The molecule has 0 bridgehead atoms. The van der Waals surface area contributed by atoms with E-state index in [1.165, 1.54) is 11.1 Å². The largest absolute Gasteiger partial charge is 0.481 e. The molecule has 1 N–H and O–H groups in total.